The summed E-state index contributed by atoms with van der Waals surface area (Å²) in [4.78, 5) is 0. The third-order valence-corrected chi connectivity index (χ3v) is 8.56. The standard InChI is InChI=1S/C45H30/c1-45(2)40-23-20-32(25-39(40)36-14-6-11-27-12-7-15-41(45)43(27)36)38-26-33(24-31-8-3-4-13-34(31)38)35-21-18-30-17-16-28-9-5-10-29-19-22-37(35)44(30)42(28)29/h3-26H,1-2H3/i3D,4D,5D,6D,7D,8D,9D,10D,11D,12D,13D,14D,15D,16D,17D,18D,19D,20D,21D,22D,23D,24D,25D,26D. The Morgan fingerprint density at radius 1 is 0.378 bits per heavy atom. The monoisotopic (exact) mass is 594 g/mol. The smallest absolute Gasteiger partial charge is 0.0616 e. The summed E-state index contributed by atoms with van der Waals surface area (Å²) in [6.07, 6.45) is 0. The molecule has 0 radical (unpaired) electrons. The van der Waals surface area contributed by atoms with E-state index < -0.39 is 194 Å². The van der Waals surface area contributed by atoms with Crippen LogP contribution in [-0.4, -0.2) is 0 Å². The fourth-order valence-electron chi connectivity index (χ4n) is 6.44. The minimum atomic E-state index is -1.59. The third kappa shape index (κ3) is 3.37. The van der Waals surface area contributed by atoms with Crippen LogP contribution in [-0.2, 0) is 5.41 Å². The predicted octanol–water partition coefficient (Wildman–Crippen LogP) is 12.5. The van der Waals surface area contributed by atoms with Crippen molar-refractivity contribution in [2.45, 2.75) is 19.3 Å². The first kappa shape index (κ1) is 11.2. The van der Waals surface area contributed by atoms with Crippen molar-refractivity contribution in [2.75, 3.05) is 0 Å². The van der Waals surface area contributed by atoms with E-state index in [1.807, 2.05) is 0 Å². The first-order valence-electron chi connectivity index (χ1n) is 26.0. The average molecular weight is 595 g/mol. The minimum absolute atomic E-state index is 0.0183. The molecule has 0 bridgehead atoms. The molecule has 0 atom stereocenters. The quantitative estimate of drug-likeness (QED) is 0.175. The van der Waals surface area contributed by atoms with Gasteiger partial charge in [0.1, 0.15) is 0 Å². The molecule has 0 heteroatoms. The lowest BCUT2D eigenvalue weighted by Crippen LogP contribution is -2.23. The van der Waals surface area contributed by atoms with Gasteiger partial charge in [-0.05, 0) is 116 Å². The van der Waals surface area contributed by atoms with Gasteiger partial charge in [0.2, 0.25) is 0 Å². The van der Waals surface area contributed by atoms with Gasteiger partial charge in [-0.25, -0.2) is 0 Å². The summed E-state index contributed by atoms with van der Waals surface area (Å²) in [5.74, 6) is 0. The largest absolute Gasteiger partial charge is 0.0636 e. The van der Waals surface area contributed by atoms with Gasteiger partial charge in [-0.1, -0.05) is 141 Å². The van der Waals surface area contributed by atoms with Crippen LogP contribution in [0.1, 0.15) is 57.9 Å². The highest BCUT2D eigenvalue weighted by atomic mass is 14.4. The highest BCUT2D eigenvalue weighted by Gasteiger charge is 2.33. The highest BCUT2D eigenvalue weighted by Crippen LogP contribution is 2.50. The second-order valence-corrected chi connectivity index (χ2v) is 11.4. The minimum Gasteiger partial charge on any atom is -0.0616 e. The van der Waals surface area contributed by atoms with Crippen LogP contribution in [0.3, 0.4) is 0 Å². The molecular weight excluding hydrogens is 540 g/mol. The molecule has 0 saturated carbocycles. The molecule has 9 aromatic rings. The summed E-state index contributed by atoms with van der Waals surface area (Å²) < 4.78 is 219. The summed E-state index contributed by atoms with van der Waals surface area (Å²) in [6, 6.07) is -18.1. The van der Waals surface area contributed by atoms with Gasteiger partial charge in [-0.3, -0.25) is 0 Å². The van der Waals surface area contributed by atoms with Crippen LogP contribution in [0, 0.1) is 0 Å². The van der Waals surface area contributed by atoms with E-state index in [1.165, 1.54) is 13.8 Å². The van der Waals surface area contributed by atoms with Crippen LogP contribution in [0.25, 0.3) is 87.2 Å². The second-order valence-electron chi connectivity index (χ2n) is 11.4. The SMILES string of the molecule is [2H]c1c([2H])c2c(c([2H])c1-c1c([2H])c(-c3c([2H])c([2H])c4c([2H])c([2H])c5c([2H])c([2H])c([2H])c6c([2H])c([2H])c3c4c56)c([2H])c3c([2H])c([2H])c([2H])c([2H])c13)-c1c([2H])c([2H])c([2H])c3c([2H])c([2H])c([2H])c(c13)C2(C)C. The molecule has 0 unspecified atom stereocenters. The fraction of sp³-hybridized carbons (Fsp3) is 0.0667. The summed E-state index contributed by atoms with van der Waals surface area (Å²) in [6.45, 7) is 3.03. The molecule has 10 rings (SSSR count). The summed E-state index contributed by atoms with van der Waals surface area (Å²) >= 11 is 0. The molecular formula is C45H30. The molecule has 0 fully saturated rings. The maximum atomic E-state index is 10.1. The highest BCUT2D eigenvalue weighted by molar-refractivity contribution is 6.25. The zero-order valence-corrected chi connectivity index (χ0v) is 23.5. The Bertz CT molecular complexity index is 3990. The van der Waals surface area contributed by atoms with E-state index in [1.54, 1.807) is 0 Å². The fourth-order valence-corrected chi connectivity index (χ4v) is 6.44. The van der Waals surface area contributed by atoms with Crippen LogP contribution in [0.5, 0.6) is 0 Å². The first-order chi connectivity index (χ1) is 32.1. The lowest BCUT2D eigenvalue weighted by Gasteiger charge is -2.35. The topological polar surface area (TPSA) is 0 Å². The van der Waals surface area contributed by atoms with Crippen molar-refractivity contribution < 1.29 is 32.9 Å². The molecule has 0 N–H and O–H groups in total. The third-order valence-electron chi connectivity index (χ3n) is 8.56. The van der Waals surface area contributed by atoms with Crippen molar-refractivity contribution in [2.24, 2.45) is 0 Å². The second kappa shape index (κ2) is 8.80. The molecule has 0 aliphatic heterocycles. The maximum Gasteiger partial charge on any atom is 0.0636 e. The Morgan fingerprint density at radius 3 is 1.87 bits per heavy atom. The first-order valence-corrected chi connectivity index (χ1v) is 14.0. The van der Waals surface area contributed by atoms with Gasteiger partial charge in [-0.15, -0.1) is 0 Å². The van der Waals surface area contributed by atoms with Crippen molar-refractivity contribution in [1.82, 2.24) is 0 Å². The van der Waals surface area contributed by atoms with Crippen LogP contribution < -0.4 is 0 Å². The van der Waals surface area contributed by atoms with E-state index in [4.69, 9.17) is 19.2 Å². The predicted molar refractivity (Wildman–Crippen MR) is 194 cm³/mol. The van der Waals surface area contributed by atoms with E-state index in [0.717, 1.165) is 0 Å². The molecule has 0 aromatic heterocycles. The van der Waals surface area contributed by atoms with E-state index in [2.05, 4.69) is 0 Å². The van der Waals surface area contributed by atoms with Crippen molar-refractivity contribution in [3.8, 4) is 33.4 Å². The normalized spacial score (nSPS) is 21.2. The number of hydrogen-bond acceptors (Lipinski definition) is 0. The molecule has 0 heterocycles. The van der Waals surface area contributed by atoms with Crippen molar-refractivity contribution in [1.29, 1.82) is 0 Å². The molecule has 0 saturated heterocycles. The van der Waals surface area contributed by atoms with Gasteiger partial charge in [0.15, 0.2) is 0 Å². The Kier molecular flexibility index (Phi) is 2.18. The molecule has 0 nitrogen and oxygen atoms in total. The van der Waals surface area contributed by atoms with Gasteiger partial charge in [0.25, 0.3) is 0 Å². The molecule has 1 aliphatic carbocycles. The molecule has 9 aromatic carbocycles. The zero-order valence-electron chi connectivity index (χ0n) is 47.5. The number of hydrogen-bond donors (Lipinski definition) is 0. The van der Waals surface area contributed by atoms with Gasteiger partial charge in [-0.2, -0.15) is 0 Å². The lowest BCUT2D eigenvalue weighted by molar-refractivity contribution is 0.645. The zero-order chi connectivity index (χ0) is 50.7. The summed E-state index contributed by atoms with van der Waals surface area (Å²) in [5, 5.41) is -3.90. The summed E-state index contributed by atoms with van der Waals surface area (Å²) in [7, 11) is 0. The Morgan fingerprint density at radius 2 is 1.02 bits per heavy atom. The Labute approximate surface area is 296 Å². The van der Waals surface area contributed by atoms with E-state index in [0.29, 0.717) is 0 Å². The number of rotatable bonds is 2. The Hall–Kier alpha value is -5.46. The van der Waals surface area contributed by atoms with E-state index >= 15 is 0 Å². The molecule has 0 amide bonds. The van der Waals surface area contributed by atoms with E-state index in [9.17, 15) is 13.7 Å². The van der Waals surface area contributed by atoms with Crippen LogP contribution in [0.2, 0.25) is 0 Å². The van der Waals surface area contributed by atoms with Gasteiger partial charge < -0.3 is 0 Å². The molecule has 210 valence electrons. The van der Waals surface area contributed by atoms with Crippen LogP contribution in [0.4, 0.5) is 0 Å². The number of fused-ring (bicyclic) bond motifs is 3. The van der Waals surface area contributed by atoms with Gasteiger partial charge in [0.05, 0.1) is 32.9 Å². The maximum absolute atomic E-state index is 10.1. The van der Waals surface area contributed by atoms with E-state index in [-0.39, 0.29) is 54.6 Å². The van der Waals surface area contributed by atoms with Crippen molar-refractivity contribution in [3.63, 3.8) is 0 Å². The van der Waals surface area contributed by atoms with Crippen LogP contribution in [0.15, 0.2) is 145 Å². The lowest BCUT2D eigenvalue weighted by atomic mass is 9.68. The van der Waals surface area contributed by atoms with Crippen LogP contribution >= 0.6 is 0 Å². The van der Waals surface area contributed by atoms with Crippen molar-refractivity contribution in [3.05, 3.63) is 156 Å². The molecule has 45 heavy (non-hydrogen) atoms. The van der Waals surface area contributed by atoms with Gasteiger partial charge in [0, 0.05) is 5.41 Å². The Balaban J connectivity index is 1.49. The van der Waals surface area contributed by atoms with Gasteiger partial charge >= 0.3 is 0 Å². The molecule has 0 spiro atoms. The molecule has 1 aliphatic rings. The van der Waals surface area contributed by atoms with Crippen molar-refractivity contribution >= 4 is 53.9 Å². The number of benzene rings is 9. The average Bonchev–Trinajstić information content (AvgIpc) is 3.29. The summed E-state index contributed by atoms with van der Waals surface area (Å²) in [5.41, 5.74) is -5.13.